The predicted molar refractivity (Wildman–Crippen MR) is 98.0 cm³/mol. The van der Waals surface area contributed by atoms with Crippen molar-refractivity contribution in [2.45, 2.75) is 45.3 Å². The number of thioether (sulfide) groups is 1. The van der Waals surface area contributed by atoms with Gasteiger partial charge in [-0.25, -0.2) is 0 Å². The van der Waals surface area contributed by atoms with Gasteiger partial charge in [0.1, 0.15) is 0 Å². The van der Waals surface area contributed by atoms with Gasteiger partial charge < -0.3 is 20.3 Å². The van der Waals surface area contributed by atoms with Crippen molar-refractivity contribution in [1.82, 2.24) is 15.5 Å². The summed E-state index contributed by atoms with van der Waals surface area (Å²) in [5.74, 6) is 2.14. The Kier molecular flexibility index (Phi) is 10.7. The highest BCUT2D eigenvalue weighted by atomic mass is 32.2. The maximum atomic E-state index is 5.63. The summed E-state index contributed by atoms with van der Waals surface area (Å²) in [7, 11) is 1.85. The molecule has 6 heteroatoms. The molecule has 22 heavy (non-hydrogen) atoms. The highest BCUT2D eigenvalue weighted by molar-refractivity contribution is 7.98. The normalized spacial score (nSPS) is 18.0. The topological polar surface area (TPSA) is 48.9 Å². The maximum absolute atomic E-state index is 5.63. The quantitative estimate of drug-likeness (QED) is 0.383. The summed E-state index contributed by atoms with van der Waals surface area (Å²) in [5, 5.41) is 6.95. The average Bonchev–Trinajstić information content (AvgIpc) is 2.51. The van der Waals surface area contributed by atoms with Crippen LogP contribution in [-0.2, 0) is 4.74 Å². The Morgan fingerprint density at radius 2 is 2.09 bits per heavy atom. The minimum atomic E-state index is 0.333. The number of nitrogens with one attached hydrogen (secondary N) is 2. The summed E-state index contributed by atoms with van der Waals surface area (Å²) in [4.78, 5) is 6.82. The van der Waals surface area contributed by atoms with Gasteiger partial charge >= 0.3 is 0 Å². The Labute approximate surface area is 140 Å². The molecule has 0 aromatic rings. The third kappa shape index (κ3) is 8.86. The Bertz CT molecular complexity index is 305. The first kappa shape index (κ1) is 19.6. The number of likely N-dealkylation sites (tertiary alicyclic amines) is 1. The molecule has 0 radical (unpaired) electrons. The summed E-state index contributed by atoms with van der Waals surface area (Å²) in [6.45, 7) is 9.35. The van der Waals surface area contributed by atoms with Crippen LogP contribution in [-0.4, -0.2) is 74.8 Å². The largest absolute Gasteiger partial charge is 0.377 e. The lowest BCUT2D eigenvalue weighted by Gasteiger charge is -2.33. The molecule has 0 aromatic carbocycles. The first-order valence-electron chi connectivity index (χ1n) is 8.45. The third-order valence-electron chi connectivity index (χ3n) is 3.83. The van der Waals surface area contributed by atoms with Crippen molar-refractivity contribution in [2.75, 3.05) is 51.8 Å². The van der Waals surface area contributed by atoms with Crippen molar-refractivity contribution >= 4 is 17.7 Å². The number of guanidine groups is 1. The van der Waals surface area contributed by atoms with Gasteiger partial charge in [0, 0.05) is 39.3 Å². The molecule has 0 saturated carbocycles. The van der Waals surface area contributed by atoms with Gasteiger partial charge in [0.05, 0.1) is 12.7 Å². The molecule has 1 aliphatic heterocycles. The van der Waals surface area contributed by atoms with Crippen LogP contribution in [0.4, 0.5) is 0 Å². The molecule has 1 rings (SSSR count). The Morgan fingerprint density at radius 1 is 1.36 bits per heavy atom. The van der Waals surface area contributed by atoms with Gasteiger partial charge in [0.25, 0.3) is 0 Å². The van der Waals surface area contributed by atoms with E-state index in [2.05, 4.69) is 40.6 Å². The van der Waals surface area contributed by atoms with Gasteiger partial charge in [0.2, 0.25) is 0 Å². The van der Waals surface area contributed by atoms with Crippen LogP contribution in [0.25, 0.3) is 0 Å². The van der Waals surface area contributed by atoms with E-state index < -0.39 is 0 Å². The summed E-state index contributed by atoms with van der Waals surface area (Å²) >= 11 is 1.89. The monoisotopic (exact) mass is 330 g/mol. The maximum Gasteiger partial charge on any atom is 0.191 e. The lowest BCUT2D eigenvalue weighted by Crippen LogP contribution is -2.49. The van der Waals surface area contributed by atoms with Gasteiger partial charge in [-0.1, -0.05) is 0 Å². The van der Waals surface area contributed by atoms with Crippen LogP contribution in [0.3, 0.4) is 0 Å². The van der Waals surface area contributed by atoms with Crippen molar-refractivity contribution in [3.8, 4) is 0 Å². The summed E-state index contributed by atoms with van der Waals surface area (Å²) in [6, 6.07) is 0.536. The van der Waals surface area contributed by atoms with Gasteiger partial charge in [-0.15, -0.1) is 0 Å². The first-order chi connectivity index (χ1) is 10.7. The lowest BCUT2D eigenvalue weighted by atomic mass is 10.1. The number of hydrogen-bond donors (Lipinski definition) is 2. The van der Waals surface area contributed by atoms with Crippen LogP contribution in [0.5, 0.6) is 0 Å². The van der Waals surface area contributed by atoms with E-state index in [4.69, 9.17) is 4.74 Å². The molecule has 1 fully saturated rings. The fraction of sp³-hybridized carbons (Fsp3) is 0.938. The summed E-state index contributed by atoms with van der Waals surface area (Å²) in [6.07, 6.45) is 6.00. The van der Waals surface area contributed by atoms with Crippen LogP contribution < -0.4 is 10.6 Å². The highest BCUT2D eigenvalue weighted by Gasteiger charge is 2.19. The van der Waals surface area contributed by atoms with Crippen molar-refractivity contribution in [2.24, 2.45) is 4.99 Å². The van der Waals surface area contributed by atoms with Crippen molar-refractivity contribution < 1.29 is 4.74 Å². The van der Waals surface area contributed by atoms with Crippen molar-refractivity contribution in [3.63, 3.8) is 0 Å². The molecule has 0 bridgehead atoms. The Hall–Kier alpha value is -0.460. The molecule has 1 heterocycles. The van der Waals surface area contributed by atoms with E-state index >= 15 is 0 Å². The molecule has 0 unspecified atom stereocenters. The molecule has 1 aliphatic rings. The molecule has 0 aliphatic carbocycles. The van der Waals surface area contributed by atoms with Crippen LogP contribution in [0.2, 0.25) is 0 Å². The molecular weight excluding hydrogens is 296 g/mol. The lowest BCUT2D eigenvalue weighted by molar-refractivity contribution is 0.0532. The Balaban J connectivity index is 2.15. The second-order valence-electron chi connectivity index (χ2n) is 6.03. The third-order valence-corrected chi connectivity index (χ3v) is 4.53. The Morgan fingerprint density at radius 3 is 2.68 bits per heavy atom. The van der Waals surface area contributed by atoms with E-state index in [-0.39, 0.29) is 0 Å². The zero-order chi connectivity index (χ0) is 16.2. The standard InChI is InChI=1S/C16H34N4OS/c1-14(2)21-12-11-20-9-6-15(7-10-20)19-16(17-3)18-8-5-13-22-4/h14-15H,5-13H2,1-4H3,(H2,17,18,19). The molecular formula is C16H34N4OS. The van der Waals surface area contributed by atoms with E-state index in [0.29, 0.717) is 12.1 Å². The zero-order valence-electron chi connectivity index (χ0n) is 14.7. The summed E-state index contributed by atoms with van der Waals surface area (Å²) in [5.41, 5.74) is 0. The number of nitrogens with zero attached hydrogens (tertiary/aromatic N) is 2. The van der Waals surface area contributed by atoms with Gasteiger partial charge in [-0.05, 0) is 45.1 Å². The molecule has 2 N–H and O–H groups in total. The van der Waals surface area contributed by atoms with Crippen LogP contribution >= 0.6 is 11.8 Å². The average molecular weight is 331 g/mol. The molecule has 1 saturated heterocycles. The van der Waals surface area contributed by atoms with Crippen molar-refractivity contribution in [3.05, 3.63) is 0 Å². The van der Waals surface area contributed by atoms with E-state index in [1.807, 2.05) is 18.8 Å². The molecule has 0 amide bonds. The highest BCUT2D eigenvalue weighted by Crippen LogP contribution is 2.10. The minimum Gasteiger partial charge on any atom is -0.377 e. The fourth-order valence-corrected chi connectivity index (χ4v) is 2.96. The fourth-order valence-electron chi connectivity index (χ4n) is 2.53. The zero-order valence-corrected chi connectivity index (χ0v) is 15.5. The predicted octanol–water partition coefficient (Wildman–Crippen LogP) is 1.79. The van der Waals surface area contributed by atoms with Crippen LogP contribution in [0.15, 0.2) is 4.99 Å². The number of hydrogen-bond acceptors (Lipinski definition) is 4. The molecule has 5 nitrogen and oxygen atoms in total. The SMILES string of the molecule is CN=C(NCCCSC)NC1CCN(CCOC(C)C)CC1. The van der Waals surface area contributed by atoms with Crippen LogP contribution in [0, 0.1) is 0 Å². The number of rotatable bonds is 9. The first-order valence-corrected chi connectivity index (χ1v) is 9.85. The minimum absolute atomic E-state index is 0.333. The summed E-state index contributed by atoms with van der Waals surface area (Å²) < 4.78 is 5.63. The molecule has 0 aromatic heterocycles. The van der Waals surface area contributed by atoms with Crippen molar-refractivity contribution in [1.29, 1.82) is 0 Å². The second-order valence-corrected chi connectivity index (χ2v) is 7.01. The van der Waals surface area contributed by atoms with Crippen LogP contribution in [0.1, 0.15) is 33.1 Å². The number of piperidine rings is 1. The molecule has 0 spiro atoms. The van der Waals surface area contributed by atoms with E-state index in [1.54, 1.807) is 0 Å². The smallest absolute Gasteiger partial charge is 0.191 e. The van der Waals surface area contributed by atoms with E-state index in [9.17, 15) is 0 Å². The molecule has 130 valence electrons. The molecule has 0 atom stereocenters. The number of ether oxygens (including phenoxy) is 1. The van der Waals surface area contributed by atoms with E-state index in [1.165, 1.54) is 25.0 Å². The number of aliphatic imine (C=N–C) groups is 1. The van der Waals surface area contributed by atoms with Gasteiger partial charge in [-0.3, -0.25) is 4.99 Å². The second kappa shape index (κ2) is 12.0. The van der Waals surface area contributed by atoms with E-state index in [0.717, 1.165) is 38.7 Å². The van der Waals surface area contributed by atoms with Gasteiger partial charge in [-0.2, -0.15) is 11.8 Å². The van der Waals surface area contributed by atoms with Gasteiger partial charge in [0.15, 0.2) is 5.96 Å².